The summed E-state index contributed by atoms with van der Waals surface area (Å²) < 4.78 is 0. The van der Waals surface area contributed by atoms with Crippen LogP contribution in [0, 0.1) is 6.92 Å². The van der Waals surface area contributed by atoms with Crippen LogP contribution in [0.4, 0.5) is 5.69 Å². The first-order valence-corrected chi connectivity index (χ1v) is 6.78. The molecule has 0 aliphatic carbocycles. The monoisotopic (exact) mass is 265 g/mol. The van der Waals surface area contributed by atoms with E-state index in [1.807, 2.05) is 12.4 Å². The molecule has 1 N–H and O–H groups in total. The van der Waals surface area contributed by atoms with Crippen molar-refractivity contribution in [2.45, 2.75) is 19.9 Å². The summed E-state index contributed by atoms with van der Waals surface area (Å²) in [6.07, 6.45) is 6.47. The zero-order chi connectivity index (χ0) is 13.5. The third kappa shape index (κ3) is 1.66. The van der Waals surface area contributed by atoms with Gasteiger partial charge in [-0.15, -0.1) is 0 Å². The predicted molar refractivity (Wildman–Crippen MR) is 77.6 cm³/mol. The zero-order valence-corrected chi connectivity index (χ0v) is 11.3. The molecule has 5 heteroatoms. The van der Waals surface area contributed by atoms with Gasteiger partial charge in [0.05, 0.1) is 29.6 Å². The Morgan fingerprint density at radius 3 is 3.15 bits per heavy atom. The van der Waals surface area contributed by atoms with Gasteiger partial charge in [-0.05, 0) is 30.5 Å². The average Bonchev–Trinajstić information content (AvgIpc) is 2.95. The van der Waals surface area contributed by atoms with Crippen LogP contribution < -0.4 is 4.90 Å². The fourth-order valence-corrected chi connectivity index (χ4v) is 2.97. The van der Waals surface area contributed by atoms with Crippen molar-refractivity contribution in [2.75, 3.05) is 11.4 Å². The first-order chi connectivity index (χ1) is 9.83. The van der Waals surface area contributed by atoms with Gasteiger partial charge >= 0.3 is 0 Å². The van der Waals surface area contributed by atoms with Gasteiger partial charge in [0, 0.05) is 18.1 Å². The molecule has 0 radical (unpaired) electrons. The summed E-state index contributed by atoms with van der Waals surface area (Å²) in [6, 6.07) is 4.23. The van der Waals surface area contributed by atoms with Gasteiger partial charge in [0.25, 0.3) is 0 Å². The maximum absolute atomic E-state index is 4.42. The Hall–Kier alpha value is -2.43. The molecule has 0 spiro atoms. The average molecular weight is 265 g/mol. The van der Waals surface area contributed by atoms with Gasteiger partial charge in [-0.25, -0.2) is 9.97 Å². The minimum Gasteiger partial charge on any atom is -0.364 e. The minimum absolute atomic E-state index is 0.836. The summed E-state index contributed by atoms with van der Waals surface area (Å²) in [4.78, 5) is 10.9. The molecule has 1 aliphatic heterocycles. The molecule has 3 heterocycles. The number of aryl methyl sites for hydroxylation is 1. The second-order valence-corrected chi connectivity index (χ2v) is 5.23. The second kappa shape index (κ2) is 4.30. The van der Waals surface area contributed by atoms with Crippen LogP contribution >= 0.6 is 0 Å². The van der Waals surface area contributed by atoms with Crippen molar-refractivity contribution in [2.24, 2.45) is 0 Å². The van der Waals surface area contributed by atoms with E-state index in [9.17, 15) is 0 Å². The van der Waals surface area contributed by atoms with Crippen molar-refractivity contribution < 1.29 is 0 Å². The third-order valence-corrected chi connectivity index (χ3v) is 3.99. The van der Waals surface area contributed by atoms with Gasteiger partial charge in [-0.1, -0.05) is 6.07 Å². The molecular weight excluding hydrogens is 250 g/mol. The summed E-state index contributed by atoms with van der Waals surface area (Å²) in [5, 5.41) is 8.39. The standard InChI is InChI=1S/C15H15N5/c1-10-2-3-13-12(7-18-19-13)15(10)20-5-4-11-6-16-9-17-14(11)8-20/h2-3,6-7,9H,4-5,8H2,1H3,(H,18,19). The molecular formula is C15H15N5. The number of anilines is 1. The fourth-order valence-electron chi connectivity index (χ4n) is 2.97. The molecule has 0 fully saturated rings. The Bertz CT molecular complexity index is 777. The topological polar surface area (TPSA) is 57.7 Å². The molecule has 100 valence electrons. The number of hydrogen-bond donors (Lipinski definition) is 1. The number of benzene rings is 1. The van der Waals surface area contributed by atoms with Crippen LogP contribution in [0.25, 0.3) is 10.9 Å². The lowest BCUT2D eigenvalue weighted by atomic mass is 10.0. The van der Waals surface area contributed by atoms with Crippen LogP contribution in [0.5, 0.6) is 0 Å². The summed E-state index contributed by atoms with van der Waals surface area (Å²) in [6.45, 7) is 3.98. The van der Waals surface area contributed by atoms with E-state index >= 15 is 0 Å². The van der Waals surface area contributed by atoms with Gasteiger partial charge in [0.1, 0.15) is 6.33 Å². The third-order valence-electron chi connectivity index (χ3n) is 3.99. The number of aromatic amines is 1. The Kier molecular flexibility index (Phi) is 2.45. The SMILES string of the molecule is Cc1ccc2[nH]ncc2c1N1CCc2cncnc2C1. The van der Waals surface area contributed by atoms with Gasteiger partial charge in [-0.3, -0.25) is 5.10 Å². The molecule has 1 aromatic carbocycles. The van der Waals surface area contributed by atoms with Crippen LogP contribution in [0.15, 0.2) is 30.9 Å². The van der Waals surface area contributed by atoms with Crippen molar-refractivity contribution in [1.29, 1.82) is 0 Å². The van der Waals surface area contributed by atoms with E-state index in [2.05, 4.69) is 44.1 Å². The van der Waals surface area contributed by atoms with Crippen molar-refractivity contribution in [1.82, 2.24) is 20.2 Å². The van der Waals surface area contributed by atoms with E-state index in [0.717, 1.165) is 30.7 Å². The zero-order valence-electron chi connectivity index (χ0n) is 11.3. The summed E-state index contributed by atoms with van der Waals surface area (Å²) in [5.74, 6) is 0. The van der Waals surface area contributed by atoms with Crippen molar-refractivity contribution in [3.05, 3.63) is 47.7 Å². The van der Waals surface area contributed by atoms with Crippen LogP contribution in [0.3, 0.4) is 0 Å². The minimum atomic E-state index is 0.836. The molecule has 1 aliphatic rings. The number of fused-ring (bicyclic) bond motifs is 2. The van der Waals surface area contributed by atoms with Gasteiger partial charge in [0.15, 0.2) is 0 Å². The van der Waals surface area contributed by atoms with Crippen molar-refractivity contribution in [3.8, 4) is 0 Å². The lowest BCUT2D eigenvalue weighted by Gasteiger charge is -2.31. The lowest BCUT2D eigenvalue weighted by Crippen LogP contribution is -2.31. The Labute approximate surface area is 116 Å². The molecule has 4 rings (SSSR count). The van der Waals surface area contributed by atoms with E-state index in [1.165, 1.54) is 22.2 Å². The Morgan fingerprint density at radius 2 is 2.20 bits per heavy atom. The molecule has 20 heavy (non-hydrogen) atoms. The maximum atomic E-state index is 4.42. The van der Waals surface area contributed by atoms with E-state index in [0.29, 0.717) is 0 Å². The molecule has 5 nitrogen and oxygen atoms in total. The van der Waals surface area contributed by atoms with E-state index in [4.69, 9.17) is 0 Å². The van der Waals surface area contributed by atoms with Crippen molar-refractivity contribution in [3.63, 3.8) is 0 Å². The van der Waals surface area contributed by atoms with E-state index in [1.54, 1.807) is 6.33 Å². The Morgan fingerprint density at radius 1 is 1.25 bits per heavy atom. The summed E-state index contributed by atoms with van der Waals surface area (Å²) in [7, 11) is 0. The lowest BCUT2D eigenvalue weighted by molar-refractivity contribution is 0.704. The van der Waals surface area contributed by atoms with E-state index < -0.39 is 0 Å². The molecule has 3 aromatic rings. The molecule has 0 bridgehead atoms. The van der Waals surface area contributed by atoms with Crippen LogP contribution in [0.2, 0.25) is 0 Å². The number of aromatic nitrogens is 4. The van der Waals surface area contributed by atoms with E-state index in [-0.39, 0.29) is 0 Å². The van der Waals surface area contributed by atoms with Crippen LogP contribution in [-0.2, 0) is 13.0 Å². The van der Waals surface area contributed by atoms with Gasteiger partial charge in [-0.2, -0.15) is 5.10 Å². The molecule has 0 unspecified atom stereocenters. The number of nitrogens with zero attached hydrogens (tertiary/aromatic N) is 4. The summed E-state index contributed by atoms with van der Waals surface area (Å²) in [5.41, 5.74) is 6.02. The van der Waals surface area contributed by atoms with Gasteiger partial charge < -0.3 is 4.90 Å². The maximum Gasteiger partial charge on any atom is 0.115 e. The largest absolute Gasteiger partial charge is 0.364 e. The molecule has 0 saturated carbocycles. The Balaban J connectivity index is 1.81. The number of nitrogens with one attached hydrogen (secondary N) is 1. The first-order valence-electron chi connectivity index (χ1n) is 6.78. The van der Waals surface area contributed by atoms with Crippen molar-refractivity contribution >= 4 is 16.6 Å². The number of hydrogen-bond acceptors (Lipinski definition) is 4. The normalized spacial score (nSPS) is 14.6. The highest BCUT2D eigenvalue weighted by molar-refractivity contribution is 5.93. The number of H-pyrrole nitrogens is 1. The van der Waals surface area contributed by atoms with Crippen LogP contribution in [0.1, 0.15) is 16.8 Å². The van der Waals surface area contributed by atoms with Gasteiger partial charge in [0.2, 0.25) is 0 Å². The highest BCUT2D eigenvalue weighted by Gasteiger charge is 2.21. The molecule has 2 aromatic heterocycles. The smallest absolute Gasteiger partial charge is 0.115 e. The molecule has 0 amide bonds. The predicted octanol–water partition coefficient (Wildman–Crippen LogP) is 2.22. The highest BCUT2D eigenvalue weighted by atomic mass is 15.2. The van der Waals surface area contributed by atoms with Crippen LogP contribution in [-0.4, -0.2) is 26.7 Å². The fraction of sp³-hybridized carbons (Fsp3) is 0.267. The summed E-state index contributed by atoms with van der Waals surface area (Å²) >= 11 is 0. The first kappa shape index (κ1) is 11.4. The highest BCUT2D eigenvalue weighted by Crippen LogP contribution is 2.32. The molecule has 0 saturated heterocycles. The second-order valence-electron chi connectivity index (χ2n) is 5.23. The quantitative estimate of drug-likeness (QED) is 0.733. The molecule has 0 atom stereocenters. The number of rotatable bonds is 1.